The monoisotopic (exact) mass is 392 g/mol. The highest BCUT2D eigenvalue weighted by Crippen LogP contribution is 2.12. The Bertz CT molecular complexity index is 630. The van der Waals surface area contributed by atoms with Crippen LogP contribution in [0.2, 0.25) is 0 Å². The van der Waals surface area contributed by atoms with Crippen molar-refractivity contribution < 1.29 is 4.79 Å². The van der Waals surface area contributed by atoms with Crippen molar-refractivity contribution in [3.05, 3.63) is 16.1 Å². The van der Waals surface area contributed by atoms with Gasteiger partial charge in [-0.1, -0.05) is 12.8 Å². The van der Waals surface area contributed by atoms with Crippen LogP contribution in [-0.2, 0) is 11.3 Å². The molecule has 0 radical (unpaired) electrons. The van der Waals surface area contributed by atoms with Crippen LogP contribution in [0.1, 0.15) is 35.6 Å². The van der Waals surface area contributed by atoms with Crippen LogP contribution in [0.25, 0.3) is 0 Å². The Morgan fingerprint density at radius 3 is 2.41 bits per heavy atom. The van der Waals surface area contributed by atoms with E-state index in [1.54, 1.807) is 11.3 Å². The highest BCUT2D eigenvalue weighted by molar-refractivity contribution is 7.11. The number of likely N-dealkylation sites (tertiary alicyclic amines) is 1. The van der Waals surface area contributed by atoms with Gasteiger partial charge in [0.25, 0.3) is 0 Å². The van der Waals surface area contributed by atoms with E-state index >= 15 is 0 Å². The third kappa shape index (κ3) is 5.90. The number of rotatable bonds is 4. The average Bonchev–Trinajstić information content (AvgIpc) is 2.92. The zero-order valence-corrected chi connectivity index (χ0v) is 17.4. The smallest absolute Gasteiger partial charge is 0.236 e. The van der Waals surface area contributed by atoms with Crippen molar-refractivity contribution in [1.82, 2.24) is 25.0 Å². The lowest BCUT2D eigenvalue weighted by molar-refractivity contribution is -0.132. The fraction of sp³-hybridized carbons (Fsp3) is 0.737. The van der Waals surface area contributed by atoms with Gasteiger partial charge < -0.3 is 15.1 Å². The van der Waals surface area contributed by atoms with Crippen LogP contribution < -0.4 is 5.32 Å². The van der Waals surface area contributed by atoms with Gasteiger partial charge in [0.15, 0.2) is 5.96 Å². The van der Waals surface area contributed by atoms with Crippen LogP contribution >= 0.6 is 11.3 Å². The van der Waals surface area contributed by atoms with Crippen LogP contribution in [0.15, 0.2) is 11.2 Å². The molecule has 0 aromatic carbocycles. The molecule has 2 aliphatic rings. The minimum absolute atomic E-state index is 0.298. The maximum atomic E-state index is 12.6. The summed E-state index contributed by atoms with van der Waals surface area (Å²) in [5.74, 6) is 1.22. The third-order valence-electron chi connectivity index (χ3n) is 5.27. The molecular formula is C19H32N6OS. The zero-order chi connectivity index (χ0) is 19.1. The Morgan fingerprint density at radius 2 is 1.81 bits per heavy atom. The molecule has 2 aliphatic heterocycles. The summed E-state index contributed by atoms with van der Waals surface area (Å²) in [4.78, 5) is 29.2. The quantitative estimate of drug-likeness (QED) is 0.622. The standard InChI is InChI=1S/C19H32N6OS/c1-16-13-21-17(27-16)14-22-19(20-2)25-11-9-23(10-12-25)15-18(26)24-7-5-3-4-6-8-24/h13H,3-12,14-15H2,1-2H3,(H,20,22). The Balaban J connectivity index is 1.42. The van der Waals surface area contributed by atoms with Crippen molar-refractivity contribution in [3.8, 4) is 0 Å². The summed E-state index contributed by atoms with van der Waals surface area (Å²) in [6.45, 7) is 8.79. The predicted molar refractivity (Wildman–Crippen MR) is 110 cm³/mol. The molecule has 1 amide bonds. The zero-order valence-electron chi connectivity index (χ0n) is 16.6. The van der Waals surface area contributed by atoms with E-state index in [1.807, 2.05) is 13.2 Å². The maximum absolute atomic E-state index is 12.6. The number of hydrogen-bond acceptors (Lipinski definition) is 5. The molecular weight excluding hydrogens is 360 g/mol. The van der Waals surface area contributed by atoms with Gasteiger partial charge in [-0.15, -0.1) is 11.3 Å². The van der Waals surface area contributed by atoms with E-state index in [2.05, 4.69) is 36.9 Å². The fourth-order valence-electron chi connectivity index (χ4n) is 3.70. The van der Waals surface area contributed by atoms with Crippen LogP contribution in [0, 0.1) is 6.92 Å². The summed E-state index contributed by atoms with van der Waals surface area (Å²) < 4.78 is 0. The molecule has 2 fully saturated rings. The van der Waals surface area contributed by atoms with Gasteiger partial charge in [0.1, 0.15) is 5.01 Å². The van der Waals surface area contributed by atoms with Crippen LogP contribution in [0.3, 0.4) is 0 Å². The first-order valence-corrected chi connectivity index (χ1v) is 10.8. The number of carbonyl (C=O) groups is 1. The normalized spacial score (nSPS) is 19.9. The number of aliphatic imine (C=N–C) groups is 1. The molecule has 0 unspecified atom stereocenters. The van der Waals surface area contributed by atoms with Crippen molar-refractivity contribution in [3.63, 3.8) is 0 Å². The van der Waals surface area contributed by atoms with E-state index < -0.39 is 0 Å². The first-order chi connectivity index (χ1) is 13.2. The number of carbonyl (C=O) groups excluding carboxylic acids is 1. The number of aryl methyl sites for hydroxylation is 1. The number of aromatic nitrogens is 1. The van der Waals surface area contributed by atoms with E-state index in [1.165, 1.54) is 17.7 Å². The molecule has 1 N–H and O–H groups in total. The molecule has 0 bridgehead atoms. The Hall–Kier alpha value is -1.67. The Labute approximate surface area is 166 Å². The van der Waals surface area contributed by atoms with Crippen molar-refractivity contribution in [2.45, 2.75) is 39.2 Å². The number of thiazole rings is 1. The summed E-state index contributed by atoms with van der Waals surface area (Å²) in [6.07, 6.45) is 6.73. The van der Waals surface area contributed by atoms with Gasteiger partial charge in [0.05, 0.1) is 13.1 Å². The Morgan fingerprint density at radius 1 is 1.11 bits per heavy atom. The Kier molecular flexibility index (Phi) is 7.46. The molecule has 8 heteroatoms. The van der Waals surface area contributed by atoms with Crippen LogP contribution in [-0.4, -0.2) is 84.4 Å². The molecule has 0 aliphatic carbocycles. The van der Waals surface area contributed by atoms with Gasteiger partial charge in [-0.3, -0.25) is 14.7 Å². The highest BCUT2D eigenvalue weighted by atomic mass is 32.1. The first-order valence-electron chi connectivity index (χ1n) is 10.0. The average molecular weight is 393 g/mol. The molecule has 0 spiro atoms. The van der Waals surface area contributed by atoms with Gasteiger partial charge in [0, 0.05) is 57.4 Å². The molecule has 3 rings (SSSR count). The molecule has 27 heavy (non-hydrogen) atoms. The number of guanidine groups is 1. The first kappa shape index (κ1) is 20.1. The van der Waals surface area contributed by atoms with Crippen molar-refractivity contribution in [2.75, 3.05) is 52.9 Å². The SMILES string of the molecule is CN=C(NCc1ncc(C)s1)N1CCN(CC(=O)N2CCCCCC2)CC1. The maximum Gasteiger partial charge on any atom is 0.236 e. The largest absolute Gasteiger partial charge is 0.350 e. The summed E-state index contributed by atoms with van der Waals surface area (Å²) in [7, 11) is 1.82. The third-order valence-corrected chi connectivity index (χ3v) is 6.18. The fourth-order valence-corrected chi connectivity index (χ4v) is 4.43. The van der Waals surface area contributed by atoms with Crippen LogP contribution in [0.5, 0.6) is 0 Å². The van der Waals surface area contributed by atoms with Gasteiger partial charge in [-0.05, 0) is 19.8 Å². The van der Waals surface area contributed by atoms with Crippen molar-refractivity contribution in [2.24, 2.45) is 4.99 Å². The second-order valence-electron chi connectivity index (χ2n) is 7.32. The summed E-state index contributed by atoms with van der Waals surface area (Å²) >= 11 is 1.71. The summed E-state index contributed by atoms with van der Waals surface area (Å²) in [6, 6.07) is 0. The topological polar surface area (TPSA) is 64.1 Å². The van der Waals surface area contributed by atoms with E-state index in [0.29, 0.717) is 19.0 Å². The molecule has 0 atom stereocenters. The number of nitrogens with one attached hydrogen (secondary N) is 1. The molecule has 150 valence electrons. The molecule has 0 saturated carbocycles. The highest BCUT2D eigenvalue weighted by Gasteiger charge is 2.23. The van der Waals surface area contributed by atoms with Gasteiger partial charge in [-0.2, -0.15) is 0 Å². The van der Waals surface area contributed by atoms with Crippen molar-refractivity contribution >= 4 is 23.2 Å². The number of amides is 1. The van der Waals surface area contributed by atoms with E-state index in [-0.39, 0.29) is 0 Å². The number of nitrogens with zero attached hydrogens (tertiary/aromatic N) is 5. The second-order valence-corrected chi connectivity index (χ2v) is 8.64. The van der Waals surface area contributed by atoms with E-state index in [0.717, 1.165) is 63.1 Å². The number of piperazine rings is 1. The van der Waals surface area contributed by atoms with Crippen LogP contribution in [0.4, 0.5) is 0 Å². The lowest BCUT2D eigenvalue weighted by Crippen LogP contribution is -2.54. The molecule has 3 heterocycles. The van der Waals surface area contributed by atoms with E-state index in [4.69, 9.17) is 0 Å². The van der Waals surface area contributed by atoms with Crippen molar-refractivity contribution in [1.29, 1.82) is 0 Å². The molecule has 2 saturated heterocycles. The lowest BCUT2D eigenvalue weighted by Gasteiger charge is -2.36. The molecule has 1 aromatic heterocycles. The molecule has 7 nitrogen and oxygen atoms in total. The summed E-state index contributed by atoms with van der Waals surface area (Å²) in [5, 5.41) is 4.49. The van der Waals surface area contributed by atoms with E-state index in [9.17, 15) is 4.79 Å². The predicted octanol–water partition coefficient (Wildman–Crippen LogP) is 1.55. The van der Waals surface area contributed by atoms with Gasteiger partial charge in [-0.25, -0.2) is 4.98 Å². The minimum Gasteiger partial charge on any atom is -0.350 e. The van der Waals surface area contributed by atoms with Gasteiger partial charge >= 0.3 is 0 Å². The number of hydrogen-bond donors (Lipinski definition) is 1. The van der Waals surface area contributed by atoms with Gasteiger partial charge in [0.2, 0.25) is 5.91 Å². The summed E-state index contributed by atoms with van der Waals surface area (Å²) in [5.41, 5.74) is 0. The molecule has 1 aromatic rings. The second kappa shape index (κ2) is 10.0. The lowest BCUT2D eigenvalue weighted by atomic mass is 10.2. The minimum atomic E-state index is 0.298.